The maximum Gasteiger partial charge on any atom is 0.308 e. The Hall–Kier alpha value is -3.08. The predicted octanol–water partition coefficient (Wildman–Crippen LogP) is 3.90. The van der Waals surface area contributed by atoms with E-state index in [9.17, 15) is 9.59 Å². The molecule has 0 spiro atoms. The Labute approximate surface area is 152 Å². The number of esters is 1. The number of amides is 1. The van der Waals surface area contributed by atoms with Crippen molar-refractivity contribution in [1.29, 1.82) is 0 Å². The molecule has 0 aliphatic heterocycles. The zero-order valence-electron chi connectivity index (χ0n) is 14.9. The molecule has 0 saturated heterocycles. The standard InChI is InChI=1S/C21H22N2O3/c1-3-26-19(24)13-17(15-9-5-4-6-10-15)23-21(25)18-12-16-11-7-8-14(2)20(16)22-18/h4-12,17,22H,3,13H2,1-2H3,(H,23,25). The van der Waals surface area contributed by atoms with E-state index in [1.54, 1.807) is 6.92 Å². The fraction of sp³-hybridized carbons (Fsp3) is 0.238. The lowest BCUT2D eigenvalue weighted by molar-refractivity contribution is -0.143. The van der Waals surface area contributed by atoms with Crippen molar-refractivity contribution in [2.75, 3.05) is 6.61 Å². The van der Waals surface area contributed by atoms with Gasteiger partial charge in [-0.15, -0.1) is 0 Å². The lowest BCUT2D eigenvalue weighted by Crippen LogP contribution is -2.30. The Morgan fingerprint density at radius 2 is 1.88 bits per heavy atom. The Balaban J connectivity index is 1.83. The van der Waals surface area contributed by atoms with Crippen molar-refractivity contribution >= 4 is 22.8 Å². The highest BCUT2D eigenvalue weighted by atomic mass is 16.5. The van der Waals surface area contributed by atoms with Crippen LogP contribution in [0.15, 0.2) is 54.6 Å². The number of aromatic amines is 1. The summed E-state index contributed by atoms with van der Waals surface area (Å²) in [5, 5.41) is 3.93. The summed E-state index contributed by atoms with van der Waals surface area (Å²) in [5.74, 6) is -0.590. The van der Waals surface area contributed by atoms with Crippen molar-refractivity contribution in [2.24, 2.45) is 0 Å². The average Bonchev–Trinajstić information content (AvgIpc) is 3.08. The highest BCUT2D eigenvalue weighted by Crippen LogP contribution is 2.21. The Morgan fingerprint density at radius 1 is 1.12 bits per heavy atom. The lowest BCUT2D eigenvalue weighted by Gasteiger charge is -2.18. The van der Waals surface area contributed by atoms with E-state index in [0.29, 0.717) is 12.3 Å². The van der Waals surface area contributed by atoms with Crippen LogP contribution in [-0.2, 0) is 9.53 Å². The molecule has 0 bridgehead atoms. The van der Waals surface area contributed by atoms with Crippen molar-refractivity contribution in [1.82, 2.24) is 10.3 Å². The quantitative estimate of drug-likeness (QED) is 0.662. The molecule has 1 heterocycles. The van der Waals surface area contributed by atoms with Crippen LogP contribution in [0.5, 0.6) is 0 Å². The van der Waals surface area contributed by atoms with E-state index in [2.05, 4.69) is 10.3 Å². The molecular formula is C21H22N2O3. The van der Waals surface area contributed by atoms with E-state index in [-0.39, 0.29) is 18.3 Å². The van der Waals surface area contributed by atoms with Gasteiger partial charge in [-0.2, -0.15) is 0 Å². The van der Waals surface area contributed by atoms with Crippen LogP contribution in [0, 0.1) is 6.92 Å². The molecule has 1 aromatic heterocycles. The van der Waals surface area contributed by atoms with Gasteiger partial charge in [0.15, 0.2) is 0 Å². The number of para-hydroxylation sites is 1. The summed E-state index contributed by atoms with van der Waals surface area (Å²) < 4.78 is 5.05. The number of ether oxygens (including phenoxy) is 1. The molecule has 0 saturated carbocycles. The second-order valence-electron chi connectivity index (χ2n) is 6.17. The number of H-pyrrole nitrogens is 1. The van der Waals surface area contributed by atoms with Gasteiger partial charge in [0, 0.05) is 10.9 Å². The van der Waals surface area contributed by atoms with Crippen molar-refractivity contribution in [3.8, 4) is 0 Å². The van der Waals surface area contributed by atoms with Crippen LogP contribution < -0.4 is 5.32 Å². The SMILES string of the molecule is CCOC(=O)CC(NC(=O)c1cc2cccc(C)c2[nH]1)c1ccccc1. The molecule has 2 N–H and O–H groups in total. The molecule has 1 atom stereocenters. The summed E-state index contributed by atoms with van der Waals surface area (Å²) in [7, 11) is 0. The van der Waals surface area contributed by atoms with Gasteiger partial charge in [0.05, 0.1) is 19.1 Å². The number of carbonyl (C=O) groups is 2. The molecular weight excluding hydrogens is 328 g/mol. The van der Waals surface area contributed by atoms with E-state index >= 15 is 0 Å². The minimum atomic E-state index is -0.449. The Morgan fingerprint density at radius 3 is 2.58 bits per heavy atom. The maximum absolute atomic E-state index is 12.8. The topological polar surface area (TPSA) is 71.2 Å². The van der Waals surface area contributed by atoms with Crippen molar-refractivity contribution in [3.05, 3.63) is 71.4 Å². The van der Waals surface area contributed by atoms with Crippen molar-refractivity contribution in [3.63, 3.8) is 0 Å². The number of hydrogen-bond donors (Lipinski definition) is 2. The fourth-order valence-electron chi connectivity index (χ4n) is 2.99. The summed E-state index contributed by atoms with van der Waals surface area (Å²) in [6, 6.07) is 16.7. The first kappa shape index (κ1) is 17.7. The smallest absolute Gasteiger partial charge is 0.308 e. The van der Waals surface area contributed by atoms with E-state index < -0.39 is 6.04 Å². The van der Waals surface area contributed by atoms with Gasteiger partial charge in [-0.3, -0.25) is 9.59 Å². The number of aryl methyl sites for hydroxylation is 1. The molecule has 134 valence electrons. The highest BCUT2D eigenvalue weighted by Gasteiger charge is 2.21. The molecule has 0 aliphatic rings. The molecule has 0 aliphatic carbocycles. The molecule has 5 nitrogen and oxygen atoms in total. The van der Waals surface area contributed by atoms with Gasteiger partial charge < -0.3 is 15.0 Å². The van der Waals surface area contributed by atoms with E-state index in [4.69, 9.17) is 4.74 Å². The molecule has 1 unspecified atom stereocenters. The number of rotatable bonds is 6. The predicted molar refractivity (Wildman–Crippen MR) is 101 cm³/mol. The lowest BCUT2D eigenvalue weighted by atomic mass is 10.0. The Kier molecular flexibility index (Phi) is 5.37. The number of nitrogens with one attached hydrogen (secondary N) is 2. The van der Waals surface area contributed by atoms with Gasteiger partial charge in [0.1, 0.15) is 5.69 Å². The summed E-state index contributed by atoms with van der Waals surface area (Å²) in [6.45, 7) is 4.07. The van der Waals surface area contributed by atoms with Crippen molar-refractivity contribution in [2.45, 2.75) is 26.3 Å². The number of hydrogen-bond acceptors (Lipinski definition) is 3. The van der Waals surface area contributed by atoms with Gasteiger partial charge in [0.25, 0.3) is 5.91 Å². The zero-order valence-corrected chi connectivity index (χ0v) is 14.9. The molecule has 0 fully saturated rings. The van der Waals surface area contributed by atoms with Gasteiger partial charge in [-0.1, -0.05) is 48.5 Å². The minimum Gasteiger partial charge on any atom is -0.466 e. The van der Waals surface area contributed by atoms with Gasteiger partial charge in [0.2, 0.25) is 0 Å². The van der Waals surface area contributed by atoms with Crippen LogP contribution in [0.25, 0.3) is 10.9 Å². The first-order chi connectivity index (χ1) is 12.6. The van der Waals surface area contributed by atoms with Gasteiger partial charge in [-0.05, 0) is 31.0 Å². The van der Waals surface area contributed by atoms with Crippen LogP contribution >= 0.6 is 0 Å². The van der Waals surface area contributed by atoms with Crippen LogP contribution in [0.2, 0.25) is 0 Å². The monoisotopic (exact) mass is 350 g/mol. The number of aromatic nitrogens is 1. The number of carbonyl (C=O) groups excluding carboxylic acids is 2. The van der Waals surface area contributed by atoms with Crippen molar-refractivity contribution < 1.29 is 14.3 Å². The van der Waals surface area contributed by atoms with Gasteiger partial charge >= 0.3 is 5.97 Å². The molecule has 0 radical (unpaired) electrons. The molecule has 26 heavy (non-hydrogen) atoms. The first-order valence-corrected chi connectivity index (χ1v) is 8.68. The van der Waals surface area contributed by atoms with Crippen LogP contribution in [-0.4, -0.2) is 23.5 Å². The molecule has 3 aromatic rings. The third kappa shape index (κ3) is 3.94. The molecule has 5 heteroatoms. The summed E-state index contributed by atoms with van der Waals surface area (Å²) in [4.78, 5) is 27.9. The second kappa shape index (κ2) is 7.87. The molecule has 3 rings (SSSR count). The summed E-state index contributed by atoms with van der Waals surface area (Å²) >= 11 is 0. The average molecular weight is 350 g/mol. The zero-order chi connectivity index (χ0) is 18.5. The molecule has 1 amide bonds. The fourth-order valence-corrected chi connectivity index (χ4v) is 2.99. The maximum atomic E-state index is 12.8. The minimum absolute atomic E-state index is 0.0862. The van der Waals surface area contributed by atoms with Crippen LogP contribution in [0.1, 0.15) is 41.0 Å². The van der Waals surface area contributed by atoms with Crippen LogP contribution in [0.4, 0.5) is 0 Å². The summed E-state index contributed by atoms with van der Waals surface area (Å²) in [5.41, 5.74) is 3.35. The van der Waals surface area contributed by atoms with E-state index in [1.807, 2.05) is 61.5 Å². The van der Waals surface area contributed by atoms with E-state index in [1.165, 1.54) is 0 Å². The largest absolute Gasteiger partial charge is 0.466 e. The Bertz CT molecular complexity index is 915. The highest BCUT2D eigenvalue weighted by molar-refractivity contribution is 5.99. The second-order valence-corrected chi connectivity index (χ2v) is 6.17. The number of fused-ring (bicyclic) bond motifs is 1. The van der Waals surface area contributed by atoms with Crippen LogP contribution in [0.3, 0.4) is 0 Å². The normalized spacial score (nSPS) is 11.9. The summed E-state index contributed by atoms with van der Waals surface area (Å²) in [6.07, 6.45) is 0.0862. The third-order valence-electron chi connectivity index (χ3n) is 4.29. The first-order valence-electron chi connectivity index (χ1n) is 8.68. The van der Waals surface area contributed by atoms with E-state index in [0.717, 1.165) is 22.0 Å². The molecule has 2 aromatic carbocycles. The third-order valence-corrected chi connectivity index (χ3v) is 4.29. The number of benzene rings is 2. The van der Waals surface area contributed by atoms with Gasteiger partial charge in [-0.25, -0.2) is 0 Å².